The first-order valence-electron chi connectivity index (χ1n) is 8.64. The van der Waals surface area contributed by atoms with Crippen molar-refractivity contribution in [2.75, 3.05) is 6.54 Å². The van der Waals surface area contributed by atoms with E-state index in [4.69, 9.17) is 0 Å². The molecule has 0 bridgehead atoms. The molecule has 1 aromatic carbocycles. The van der Waals surface area contributed by atoms with Crippen LogP contribution in [0.1, 0.15) is 50.6 Å². The number of nitrogens with one attached hydrogen (secondary N) is 2. The predicted molar refractivity (Wildman–Crippen MR) is 96.8 cm³/mol. The SMILES string of the molecule is CC[C@@H](NC(=O)CN1C(=O)NC2(CCCC2)C1=O)c1ccc(Br)cc1. The zero-order chi connectivity index (χ0) is 18.0. The number of urea groups is 1. The predicted octanol–water partition coefficient (Wildman–Crippen LogP) is 2.88. The molecule has 2 aliphatic rings. The van der Waals surface area contributed by atoms with E-state index < -0.39 is 11.6 Å². The van der Waals surface area contributed by atoms with Gasteiger partial charge in [-0.15, -0.1) is 0 Å². The van der Waals surface area contributed by atoms with Gasteiger partial charge >= 0.3 is 6.03 Å². The van der Waals surface area contributed by atoms with Gasteiger partial charge in [0.2, 0.25) is 5.91 Å². The lowest BCUT2D eigenvalue weighted by atomic mass is 9.98. The van der Waals surface area contributed by atoms with Gasteiger partial charge in [0, 0.05) is 4.47 Å². The van der Waals surface area contributed by atoms with Gasteiger partial charge in [-0.2, -0.15) is 0 Å². The van der Waals surface area contributed by atoms with E-state index in [1.165, 1.54) is 0 Å². The van der Waals surface area contributed by atoms with Crippen molar-refractivity contribution in [2.24, 2.45) is 0 Å². The van der Waals surface area contributed by atoms with E-state index >= 15 is 0 Å². The number of imide groups is 1. The molecule has 0 radical (unpaired) electrons. The van der Waals surface area contributed by atoms with Crippen molar-refractivity contribution in [1.29, 1.82) is 0 Å². The molecule has 7 heteroatoms. The van der Waals surface area contributed by atoms with Crippen LogP contribution >= 0.6 is 15.9 Å². The van der Waals surface area contributed by atoms with Crippen LogP contribution in [0, 0.1) is 0 Å². The summed E-state index contributed by atoms with van der Waals surface area (Å²) in [6.45, 7) is 1.74. The van der Waals surface area contributed by atoms with Crippen LogP contribution in [0.15, 0.2) is 28.7 Å². The minimum absolute atomic E-state index is 0.151. The summed E-state index contributed by atoms with van der Waals surface area (Å²) in [5.41, 5.74) is 0.219. The normalized spacial score (nSPS) is 20.0. The zero-order valence-corrected chi connectivity index (χ0v) is 15.8. The average molecular weight is 408 g/mol. The molecule has 4 amide bonds. The number of hydrogen-bond donors (Lipinski definition) is 2. The molecule has 1 atom stereocenters. The number of carbonyl (C=O) groups is 3. The second-order valence-corrected chi connectivity index (χ2v) is 7.61. The number of nitrogens with zero attached hydrogens (tertiary/aromatic N) is 1. The summed E-state index contributed by atoms with van der Waals surface area (Å²) in [5, 5.41) is 5.71. The highest BCUT2D eigenvalue weighted by Crippen LogP contribution is 2.34. The van der Waals surface area contributed by atoms with E-state index in [9.17, 15) is 14.4 Å². The molecule has 25 heavy (non-hydrogen) atoms. The summed E-state index contributed by atoms with van der Waals surface area (Å²) >= 11 is 3.39. The molecule has 1 aliphatic carbocycles. The topological polar surface area (TPSA) is 78.5 Å². The summed E-state index contributed by atoms with van der Waals surface area (Å²) in [4.78, 5) is 38.2. The Morgan fingerprint density at radius 3 is 2.52 bits per heavy atom. The van der Waals surface area contributed by atoms with E-state index in [0.717, 1.165) is 34.2 Å². The van der Waals surface area contributed by atoms with Crippen LogP contribution in [-0.2, 0) is 9.59 Å². The first kappa shape index (κ1) is 17.9. The number of benzene rings is 1. The molecule has 1 aromatic rings. The fourth-order valence-corrected chi connectivity index (χ4v) is 3.90. The average Bonchev–Trinajstić information content (AvgIpc) is 3.15. The van der Waals surface area contributed by atoms with Crippen molar-refractivity contribution in [2.45, 2.75) is 50.6 Å². The first-order valence-corrected chi connectivity index (χ1v) is 9.43. The molecule has 0 unspecified atom stereocenters. The Labute approximate surface area is 155 Å². The highest BCUT2D eigenvalue weighted by molar-refractivity contribution is 9.10. The maximum Gasteiger partial charge on any atom is 0.325 e. The van der Waals surface area contributed by atoms with Crippen LogP contribution in [0.4, 0.5) is 4.79 Å². The lowest BCUT2D eigenvalue weighted by molar-refractivity contribution is -0.135. The molecule has 2 fully saturated rings. The molecule has 1 heterocycles. The third-order valence-electron chi connectivity index (χ3n) is 5.02. The second kappa shape index (κ2) is 7.15. The third-order valence-corrected chi connectivity index (χ3v) is 5.55. The van der Waals surface area contributed by atoms with Crippen molar-refractivity contribution in [3.05, 3.63) is 34.3 Å². The third kappa shape index (κ3) is 3.56. The van der Waals surface area contributed by atoms with Gasteiger partial charge in [0.1, 0.15) is 12.1 Å². The minimum Gasteiger partial charge on any atom is -0.348 e. The van der Waals surface area contributed by atoms with Gasteiger partial charge in [-0.1, -0.05) is 47.8 Å². The standard InChI is InChI=1S/C18H22BrN3O3/c1-2-14(12-5-7-13(19)8-6-12)20-15(23)11-22-16(24)18(21-17(22)25)9-3-4-10-18/h5-8,14H,2-4,9-11H2,1H3,(H,20,23)(H,21,25)/t14-/m1/s1. The minimum atomic E-state index is -0.771. The van der Waals surface area contributed by atoms with Crippen molar-refractivity contribution in [1.82, 2.24) is 15.5 Å². The molecular formula is C18H22BrN3O3. The van der Waals surface area contributed by atoms with Crippen LogP contribution in [0.2, 0.25) is 0 Å². The second-order valence-electron chi connectivity index (χ2n) is 6.69. The Kier molecular flexibility index (Phi) is 5.13. The largest absolute Gasteiger partial charge is 0.348 e. The van der Waals surface area contributed by atoms with Crippen LogP contribution < -0.4 is 10.6 Å². The lowest BCUT2D eigenvalue weighted by Crippen LogP contribution is -2.45. The number of carbonyl (C=O) groups excluding carboxylic acids is 3. The smallest absolute Gasteiger partial charge is 0.325 e. The number of amides is 4. The Bertz CT molecular complexity index is 683. The van der Waals surface area contributed by atoms with Crippen molar-refractivity contribution >= 4 is 33.8 Å². The van der Waals surface area contributed by atoms with Gasteiger partial charge in [-0.25, -0.2) is 4.79 Å². The van der Waals surface area contributed by atoms with Gasteiger partial charge in [0.25, 0.3) is 5.91 Å². The first-order chi connectivity index (χ1) is 11.9. The summed E-state index contributed by atoms with van der Waals surface area (Å²) in [5.74, 6) is -0.588. The quantitative estimate of drug-likeness (QED) is 0.736. The van der Waals surface area contributed by atoms with Gasteiger partial charge in [0.05, 0.1) is 6.04 Å². The Balaban J connectivity index is 1.64. The van der Waals surface area contributed by atoms with E-state index in [-0.39, 0.29) is 24.4 Å². The fraction of sp³-hybridized carbons (Fsp3) is 0.500. The number of rotatable bonds is 5. The highest BCUT2D eigenvalue weighted by Gasteiger charge is 2.52. The van der Waals surface area contributed by atoms with Crippen LogP contribution in [-0.4, -0.2) is 34.8 Å². The molecule has 0 aromatic heterocycles. The summed E-state index contributed by atoms with van der Waals surface area (Å²) in [6, 6.07) is 7.12. The maximum absolute atomic E-state index is 12.6. The van der Waals surface area contributed by atoms with Crippen LogP contribution in [0.5, 0.6) is 0 Å². The highest BCUT2D eigenvalue weighted by atomic mass is 79.9. The fourth-order valence-electron chi connectivity index (χ4n) is 3.64. The van der Waals surface area contributed by atoms with Crippen LogP contribution in [0.3, 0.4) is 0 Å². The van der Waals surface area contributed by atoms with E-state index in [0.29, 0.717) is 12.8 Å². The number of halogens is 1. The Hall–Kier alpha value is -1.89. The molecule has 1 spiro atoms. The zero-order valence-electron chi connectivity index (χ0n) is 14.2. The van der Waals surface area contributed by atoms with E-state index in [1.807, 2.05) is 31.2 Å². The molecule has 6 nitrogen and oxygen atoms in total. The molecule has 2 N–H and O–H groups in total. The van der Waals surface area contributed by atoms with Gasteiger partial charge < -0.3 is 10.6 Å². The molecule has 3 rings (SSSR count). The van der Waals surface area contributed by atoms with Gasteiger partial charge in [-0.05, 0) is 37.0 Å². The monoisotopic (exact) mass is 407 g/mol. The molecular weight excluding hydrogens is 386 g/mol. The Morgan fingerprint density at radius 2 is 1.92 bits per heavy atom. The lowest BCUT2D eigenvalue weighted by Gasteiger charge is -2.21. The summed E-state index contributed by atoms with van der Waals surface area (Å²) in [6.07, 6.45) is 3.89. The van der Waals surface area contributed by atoms with Gasteiger partial charge in [-0.3, -0.25) is 14.5 Å². The van der Waals surface area contributed by atoms with E-state index in [2.05, 4.69) is 26.6 Å². The maximum atomic E-state index is 12.6. The number of hydrogen-bond acceptors (Lipinski definition) is 3. The van der Waals surface area contributed by atoms with Crippen molar-refractivity contribution in [3.63, 3.8) is 0 Å². The van der Waals surface area contributed by atoms with Crippen LogP contribution in [0.25, 0.3) is 0 Å². The molecule has 1 saturated heterocycles. The van der Waals surface area contributed by atoms with Crippen molar-refractivity contribution in [3.8, 4) is 0 Å². The Morgan fingerprint density at radius 1 is 1.28 bits per heavy atom. The molecule has 1 saturated carbocycles. The summed E-state index contributed by atoms with van der Waals surface area (Å²) in [7, 11) is 0. The van der Waals surface area contributed by atoms with Crippen molar-refractivity contribution < 1.29 is 14.4 Å². The summed E-state index contributed by atoms with van der Waals surface area (Å²) < 4.78 is 0.971. The molecule has 1 aliphatic heterocycles. The molecule has 134 valence electrons. The van der Waals surface area contributed by atoms with Gasteiger partial charge in [0.15, 0.2) is 0 Å². The van der Waals surface area contributed by atoms with E-state index in [1.54, 1.807) is 0 Å².